The van der Waals surface area contributed by atoms with Crippen LogP contribution in [0.5, 0.6) is 0 Å². The Hall–Kier alpha value is -1.06. The van der Waals surface area contributed by atoms with Crippen molar-refractivity contribution in [1.82, 2.24) is 14.5 Å². The number of para-hydroxylation sites is 1. The highest BCUT2D eigenvalue weighted by molar-refractivity contribution is 6.17. The Kier molecular flexibility index (Phi) is 4.48. The lowest BCUT2D eigenvalue weighted by molar-refractivity contribution is 0.337. The highest BCUT2D eigenvalue weighted by Crippen LogP contribution is 2.24. The van der Waals surface area contributed by atoms with E-state index in [0.29, 0.717) is 11.9 Å². The molecule has 104 valence electrons. The summed E-state index contributed by atoms with van der Waals surface area (Å²) < 4.78 is 2.34. The number of alkyl halides is 1. The van der Waals surface area contributed by atoms with E-state index in [1.54, 1.807) is 0 Å². The topological polar surface area (TPSA) is 21.1 Å². The number of aromatic nitrogens is 2. The number of hydrogen-bond acceptors (Lipinski definition) is 2. The largest absolute Gasteiger partial charge is 0.324 e. The van der Waals surface area contributed by atoms with Crippen molar-refractivity contribution in [2.24, 2.45) is 0 Å². The minimum atomic E-state index is 0.389. The van der Waals surface area contributed by atoms with E-state index in [2.05, 4.69) is 55.6 Å². The van der Waals surface area contributed by atoms with Crippen molar-refractivity contribution < 1.29 is 0 Å². The monoisotopic (exact) mass is 279 g/mol. The Labute approximate surface area is 120 Å². The molecule has 2 rings (SSSR count). The zero-order valence-corrected chi connectivity index (χ0v) is 12.9. The standard InChI is InChI=1S/C15H22ClN3/c1-11-6-5-7-13-15(11)17-14(8-9-16)19(13)12(2)10-18(3)4/h5-7,12H,8-10H2,1-4H3. The molecule has 2 aromatic rings. The summed E-state index contributed by atoms with van der Waals surface area (Å²) in [7, 11) is 4.20. The minimum Gasteiger partial charge on any atom is -0.324 e. The van der Waals surface area contributed by atoms with Gasteiger partial charge in [0.25, 0.3) is 0 Å². The number of benzene rings is 1. The van der Waals surface area contributed by atoms with Gasteiger partial charge in [-0.3, -0.25) is 0 Å². The van der Waals surface area contributed by atoms with E-state index in [4.69, 9.17) is 16.6 Å². The maximum Gasteiger partial charge on any atom is 0.111 e. The average Bonchev–Trinajstić information content (AvgIpc) is 2.68. The third kappa shape index (κ3) is 2.93. The summed E-state index contributed by atoms with van der Waals surface area (Å²) in [6, 6.07) is 6.75. The van der Waals surface area contributed by atoms with Crippen molar-refractivity contribution in [2.45, 2.75) is 26.3 Å². The van der Waals surface area contributed by atoms with Crippen LogP contribution in [-0.2, 0) is 6.42 Å². The predicted molar refractivity (Wildman–Crippen MR) is 82.2 cm³/mol. The third-order valence-corrected chi connectivity index (χ3v) is 3.57. The van der Waals surface area contributed by atoms with E-state index in [9.17, 15) is 0 Å². The lowest BCUT2D eigenvalue weighted by Gasteiger charge is -2.21. The Balaban J connectivity index is 2.55. The van der Waals surface area contributed by atoms with E-state index in [1.807, 2.05) is 0 Å². The second-order valence-corrected chi connectivity index (χ2v) is 5.77. The van der Waals surface area contributed by atoms with Gasteiger partial charge in [-0.1, -0.05) is 12.1 Å². The maximum absolute atomic E-state index is 5.92. The fourth-order valence-corrected chi connectivity index (χ4v) is 2.84. The van der Waals surface area contributed by atoms with E-state index in [1.165, 1.54) is 11.1 Å². The van der Waals surface area contributed by atoms with Crippen LogP contribution in [-0.4, -0.2) is 41.0 Å². The second kappa shape index (κ2) is 5.93. The molecule has 0 amide bonds. The molecule has 3 nitrogen and oxygen atoms in total. The first-order valence-electron chi connectivity index (χ1n) is 6.71. The summed E-state index contributed by atoms with van der Waals surface area (Å²) in [6.45, 7) is 5.34. The molecular weight excluding hydrogens is 258 g/mol. The Morgan fingerprint density at radius 3 is 2.74 bits per heavy atom. The van der Waals surface area contributed by atoms with Crippen LogP contribution in [0.3, 0.4) is 0 Å². The molecule has 4 heteroatoms. The summed E-state index contributed by atoms with van der Waals surface area (Å²) in [4.78, 5) is 7.00. The molecule has 0 aliphatic rings. The maximum atomic E-state index is 5.92. The van der Waals surface area contributed by atoms with E-state index in [0.717, 1.165) is 24.3 Å². The average molecular weight is 280 g/mol. The molecule has 0 N–H and O–H groups in total. The molecule has 0 fully saturated rings. The van der Waals surface area contributed by atoms with Crippen molar-refractivity contribution in [3.8, 4) is 0 Å². The molecule has 0 radical (unpaired) electrons. The van der Waals surface area contributed by atoms with Gasteiger partial charge >= 0.3 is 0 Å². The summed E-state index contributed by atoms with van der Waals surface area (Å²) >= 11 is 5.92. The van der Waals surface area contributed by atoms with Gasteiger partial charge in [-0.05, 0) is 39.6 Å². The van der Waals surface area contributed by atoms with Crippen molar-refractivity contribution in [1.29, 1.82) is 0 Å². The van der Waals surface area contributed by atoms with Gasteiger partial charge in [0.05, 0.1) is 11.0 Å². The summed E-state index contributed by atoms with van der Waals surface area (Å²) in [5, 5.41) is 0. The number of aryl methyl sites for hydroxylation is 2. The van der Waals surface area contributed by atoms with Gasteiger partial charge in [-0.25, -0.2) is 4.98 Å². The summed E-state index contributed by atoms with van der Waals surface area (Å²) in [5.74, 6) is 1.70. The van der Waals surface area contributed by atoms with E-state index < -0.39 is 0 Å². The highest BCUT2D eigenvalue weighted by Gasteiger charge is 2.16. The number of imidazole rings is 1. The van der Waals surface area contributed by atoms with Crippen LogP contribution in [0.25, 0.3) is 11.0 Å². The SMILES string of the molecule is Cc1cccc2c1nc(CCCl)n2C(C)CN(C)C. The first kappa shape index (κ1) is 14.4. The summed E-state index contributed by atoms with van der Waals surface area (Å²) in [5.41, 5.74) is 3.55. The van der Waals surface area contributed by atoms with Gasteiger partial charge in [0, 0.05) is 24.9 Å². The van der Waals surface area contributed by atoms with Gasteiger partial charge in [0.15, 0.2) is 0 Å². The highest BCUT2D eigenvalue weighted by atomic mass is 35.5. The van der Waals surface area contributed by atoms with Gasteiger partial charge in [0.2, 0.25) is 0 Å². The molecule has 0 bridgehead atoms. The Bertz CT molecular complexity index is 560. The molecule has 1 aromatic heterocycles. The molecular formula is C15H22ClN3. The number of rotatable bonds is 5. The molecule has 0 spiro atoms. The van der Waals surface area contributed by atoms with Crippen molar-refractivity contribution in [2.75, 3.05) is 26.5 Å². The molecule has 1 aromatic carbocycles. The molecule has 1 atom stereocenters. The van der Waals surface area contributed by atoms with Crippen LogP contribution in [0.1, 0.15) is 24.4 Å². The van der Waals surface area contributed by atoms with Gasteiger partial charge in [-0.2, -0.15) is 0 Å². The predicted octanol–water partition coefficient (Wildman–Crippen LogP) is 3.25. The quantitative estimate of drug-likeness (QED) is 0.784. The number of hydrogen-bond donors (Lipinski definition) is 0. The molecule has 0 aliphatic heterocycles. The number of nitrogens with zero attached hydrogens (tertiary/aromatic N) is 3. The van der Waals surface area contributed by atoms with E-state index >= 15 is 0 Å². The number of fused-ring (bicyclic) bond motifs is 1. The van der Waals surface area contributed by atoms with Crippen molar-refractivity contribution in [3.63, 3.8) is 0 Å². The zero-order valence-electron chi connectivity index (χ0n) is 12.2. The van der Waals surface area contributed by atoms with E-state index in [-0.39, 0.29) is 0 Å². The van der Waals surface area contributed by atoms with Crippen molar-refractivity contribution >= 4 is 22.6 Å². The van der Waals surface area contributed by atoms with Gasteiger partial charge < -0.3 is 9.47 Å². The molecule has 1 heterocycles. The molecule has 0 saturated heterocycles. The first-order chi connectivity index (χ1) is 9.04. The Morgan fingerprint density at radius 1 is 1.37 bits per heavy atom. The normalized spacial score (nSPS) is 13.4. The number of halogens is 1. The van der Waals surface area contributed by atoms with Crippen LogP contribution in [0.15, 0.2) is 18.2 Å². The third-order valence-electron chi connectivity index (χ3n) is 3.38. The summed E-state index contributed by atoms with van der Waals surface area (Å²) in [6.07, 6.45) is 0.813. The van der Waals surface area contributed by atoms with Crippen LogP contribution < -0.4 is 0 Å². The van der Waals surface area contributed by atoms with Crippen LogP contribution in [0.4, 0.5) is 0 Å². The fraction of sp³-hybridized carbons (Fsp3) is 0.533. The lowest BCUT2D eigenvalue weighted by Crippen LogP contribution is -2.23. The molecule has 19 heavy (non-hydrogen) atoms. The van der Waals surface area contributed by atoms with Crippen LogP contribution >= 0.6 is 11.6 Å². The molecule has 0 saturated carbocycles. The van der Waals surface area contributed by atoms with Crippen LogP contribution in [0, 0.1) is 6.92 Å². The first-order valence-corrected chi connectivity index (χ1v) is 7.25. The number of likely N-dealkylation sites (N-methyl/N-ethyl adjacent to an activating group) is 1. The van der Waals surface area contributed by atoms with Gasteiger partial charge in [-0.15, -0.1) is 11.6 Å². The van der Waals surface area contributed by atoms with Gasteiger partial charge in [0.1, 0.15) is 5.82 Å². The zero-order chi connectivity index (χ0) is 14.0. The molecule has 1 unspecified atom stereocenters. The lowest BCUT2D eigenvalue weighted by atomic mass is 10.2. The smallest absolute Gasteiger partial charge is 0.111 e. The van der Waals surface area contributed by atoms with Crippen molar-refractivity contribution in [3.05, 3.63) is 29.6 Å². The molecule has 0 aliphatic carbocycles. The Morgan fingerprint density at radius 2 is 2.11 bits per heavy atom. The fourth-order valence-electron chi connectivity index (χ4n) is 2.67. The minimum absolute atomic E-state index is 0.389. The second-order valence-electron chi connectivity index (χ2n) is 5.39. The van der Waals surface area contributed by atoms with Crippen LogP contribution in [0.2, 0.25) is 0 Å².